The summed E-state index contributed by atoms with van der Waals surface area (Å²) in [5, 5.41) is 0. The van der Waals surface area contributed by atoms with Crippen LogP contribution in [0.4, 0.5) is 0 Å². The predicted molar refractivity (Wildman–Crippen MR) is 157 cm³/mol. The molecule has 0 atom stereocenters. The summed E-state index contributed by atoms with van der Waals surface area (Å²) in [7, 11) is 0. The Bertz CT molecular complexity index is 1130. The third-order valence-corrected chi connectivity index (χ3v) is 31.8. The Morgan fingerprint density at radius 2 is 0.941 bits per heavy atom. The fourth-order valence-corrected chi connectivity index (χ4v) is 27.0. The van der Waals surface area contributed by atoms with Crippen molar-refractivity contribution in [2.24, 2.45) is 11.8 Å². The van der Waals surface area contributed by atoms with E-state index in [9.17, 15) is 0 Å². The van der Waals surface area contributed by atoms with Gasteiger partial charge in [-0.25, -0.2) is 0 Å². The van der Waals surface area contributed by atoms with Crippen molar-refractivity contribution < 1.29 is 17.1 Å². The number of hydrogen-bond acceptors (Lipinski definition) is 0. The van der Waals surface area contributed by atoms with E-state index in [1.165, 1.54) is 22.3 Å². The van der Waals surface area contributed by atoms with Crippen LogP contribution in [0.5, 0.6) is 0 Å². The fraction of sp³-hybridized carbons (Fsp3) is 0.333. The van der Waals surface area contributed by atoms with E-state index in [1.807, 2.05) is 6.66 Å². The summed E-state index contributed by atoms with van der Waals surface area (Å²) in [6, 6.07) is 22.1. The first-order chi connectivity index (χ1) is 15.1. The maximum absolute atomic E-state index is 3.51. The predicted octanol–water partition coefficient (Wildman–Crippen LogP) is 8.96. The van der Waals surface area contributed by atoms with Gasteiger partial charge in [0.05, 0.1) is 0 Å². The van der Waals surface area contributed by atoms with Gasteiger partial charge in [0, 0.05) is 0 Å². The Hall–Kier alpha value is -0.933. The molecule has 0 N–H and O–H groups in total. The van der Waals surface area contributed by atoms with Gasteiger partial charge in [-0.1, -0.05) is 0 Å². The van der Waals surface area contributed by atoms with Crippen molar-refractivity contribution in [2.45, 2.75) is 49.9 Å². The number of benzene rings is 2. The molecule has 4 rings (SSSR count). The van der Waals surface area contributed by atoms with Crippen molar-refractivity contribution in [3.8, 4) is 0 Å². The van der Waals surface area contributed by atoms with E-state index < -0.39 is 17.1 Å². The molecule has 0 aliphatic heterocycles. The summed E-state index contributed by atoms with van der Waals surface area (Å²) >= 11 is -3.51. The molecule has 2 aromatic carbocycles. The van der Waals surface area contributed by atoms with E-state index in [-0.39, 0.29) is 24.8 Å². The van der Waals surface area contributed by atoms with Crippen LogP contribution in [0.2, 0.25) is 9.36 Å². The Balaban J connectivity index is 0.00000204. The molecule has 0 nitrogen and oxygen atoms in total. The summed E-state index contributed by atoms with van der Waals surface area (Å²) in [4.78, 5) is 0. The molecule has 0 amide bonds. The molecule has 0 spiro atoms. The van der Waals surface area contributed by atoms with Gasteiger partial charge in [-0.2, -0.15) is 0 Å². The van der Waals surface area contributed by atoms with Gasteiger partial charge >= 0.3 is 199 Å². The molecule has 0 fully saturated rings. The minimum Gasteiger partial charge on any atom is -0.147 e. The third kappa shape index (κ3) is 5.56. The zero-order valence-corrected chi connectivity index (χ0v) is 28.2. The van der Waals surface area contributed by atoms with E-state index in [0.717, 1.165) is 12.8 Å². The van der Waals surface area contributed by atoms with Gasteiger partial charge in [-0.05, 0) is 0 Å². The maximum Gasteiger partial charge on any atom is -0.147 e. The van der Waals surface area contributed by atoms with E-state index in [2.05, 4.69) is 117 Å². The van der Waals surface area contributed by atoms with Crippen molar-refractivity contribution in [3.05, 3.63) is 102 Å². The minimum absolute atomic E-state index is 0. The summed E-state index contributed by atoms with van der Waals surface area (Å²) < 4.78 is 9.08. The number of hydrogen-bond donors (Lipinski definition) is 0. The van der Waals surface area contributed by atoms with Gasteiger partial charge in [-0.15, -0.1) is 24.8 Å². The van der Waals surface area contributed by atoms with E-state index >= 15 is 0 Å². The molecule has 0 saturated heterocycles. The summed E-state index contributed by atoms with van der Waals surface area (Å²) in [5.41, 5.74) is 9.07. The zero-order chi connectivity index (χ0) is 23.1. The maximum atomic E-state index is 2.72. The Morgan fingerprint density at radius 1 is 0.618 bits per heavy atom. The van der Waals surface area contributed by atoms with Crippen LogP contribution in [0.15, 0.2) is 90.6 Å². The van der Waals surface area contributed by atoms with Gasteiger partial charge in [0.25, 0.3) is 0 Å². The van der Waals surface area contributed by atoms with E-state index in [4.69, 9.17) is 0 Å². The van der Waals surface area contributed by atoms with Crippen LogP contribution in [-0.4, -0.2) is 6.94 Å². The Kier molecular flexibility index (Phi) is 9.47. The van der Waals surface area contributed by atoms with Crippen LogP contribution in [0.25, 0.3) is 11.1 Å². The average molecular weight is 678 g/mol. The molecule has 34 heavy (non-hydrogen) atoms. The van der Waals surface area contributed by atoms with Crippen molar-refractivity contribution >= 4 is 42.9 Å². The molecule has 0 radical (unpaired) electrons. The molecule has 0 bridgehead atoms. The second-order valence-electron chi connectivity index (χ2n) is 11.3. The molecule has 2 aliphatic rings. The van der Waals surface area contributed by atoms with Crippen LogP contribution in [0, 0.1) is 11.8 Å². The fourth-order valence-electron chi connectivity index (χ4n) is 5.62. The molecule has 182 valence electrons. The first-order valence-electron chi connectivity index (χ1n) is 12.1. The van der Waals surface area contributed by atoms with Gasteiger partial charge in [0.2, 0.25) is 0 Å². The second kappa shape index (κ2) is 11.0. The Morgan fingerprint density at radius 3 is 1.24 bits per heavy atom. The van der Waals surface area contributed by atoms with Crippen molar-refractivity contribution in [3.63, 3.8) is 0 Å². The third-order valence-electron chi connectivity index (χ3n) is 7.56. The molecule has 0 unspecified atom stereocenters. The smallest absolute Gasteiger partial charge is 0.147 e. The van der Waals surface area contributed by atoms with Crippen LogP contribution < -0.4 is 0 Å². The Labute approximate surface area is 222 Å². The molecular weight excluding hydrogens is 638 g/mol. The topological polar surface area (TPSA) is 0 Å². The molecule has 0 saturated carbocycles. The van der Waals surface area contributed by atoms with Crippen molar-refractivity contribution in [1.29, 1.82) is 0 Å². The largest absolute Gasteiger partial charge is 0.147 e. The normalized spacial score (nSPS) is 16.5. The van der Waals surface area contributed by atoms with Gasteiger partial charge < -0.3 is 0 Å². The summed E-state index contributed by atoms with van der Waals surface area (Å²) in [5.74, 6) is 1.13. The van der Waals surface area contributed by atoms with E-state index in [1.54, 1.807) is 11.1 Å². The monoisotopic (exact) mass is 678 g/mol. The molecular formula is C30H40Cl2HfSi. The van der Waals surface area contributed by atoms with E-state index in [0.29, 0.717) is 11.8 Å². The summed E-state index contributed by atoms with van der Waals surface area (Å²) in [6.45, 7) is 12.0. The van der Waals surface area contributed by atoms with Crippen LogP contribution in [0.3, 0.4) is 0 Å². The number of rotatable bonds is 6. The molecule has 2 aliphatic carbocycles. The average Bonchev–Trinajstić information content (AvgIpc) is 3.42. The van der Waals surface area contributed by atoms with Crippen LogP contribution >= 0.6 is 24.8 Å². The molecule has 0 aromatic heterocycles. The van der Waals surface area contributed by atoms with Gasteiger partial charge in [0.1, 0.15) is 0 Å². The standard InChI is InChI=1S/2C14H15.2CH3.2ClH.Hf.H2Si/c2*1-11(2)13-8-9-14(10-13)12-6-4-3-5-7-12;;;;;;/h2*3-7,10-11H,9H2,1-2H3;2*1H3;2*1H;;1H2. The molecule has 4 heteroatoms. The van der Waals surface area contributed by atoms with Gasteiger partial charge in [-0.3, -0.25) is 0 Å². The number of allylic oxidation sites excluding steroid dienone is 8. The molecule has 0 heterocycles. The van der Waals surface area contributed by atoms with Crippen LogP contribution in [0.1, 0.15) is 51.7 Å². The van der Waals surface area contributed by atoms with Gasteiger partial charge in [0.15, 0.2) is 0 Å². The quantitative estimate of drug-likeness (QED) is 0.268. The molecule has 2 aromatic rings. The second-order valence-corrected chi connectivity index (χ2v) is 52.3. The number of halogens is 2. The first kappa shape index (κ1) is 29.3. The van der Waals surface area contributed by atoms with Crippen molar-refractivity contribution in [1.82, 2.24) is 0 Å². The summed E-state index contributed by atoms with van der Waals surface area (Å²) in [6.07, 6.45) is 7.36. The SMILES string of the molecule is CC(C)C1=[C]([Hf]([CH3])([CH3])(=[SiH2])[C]2=C(C(C)C)C=C(c3ccccc3)C2)CC(c2ccccc2)=C1.Cl.Cl. The van der Waals surface area contributed by atoms with Crippen molar-refractivity contribution in [2.75, 3.05) is 0 Å². The minimum atomic E-state index is -3.51. The van der Waals surface area contributed by atoms with Crippen LogP contribution in [-0.2, 0) is 17.1 Å². The zero-order valence-electron chi connectivity index (χ0n) is 21.5. The first-order valence-corrected chi connectivity index (χ1v) is 31.2.